The number of carbonyl (C=O) groups excluding carboxylic acids is 1. The van der Waals surface area contributed by atoms with Gasteiger partial charge in [-0.1, -0.05) is 15.9 Å². The summed E-state index contributed by atoms with van der Waals surface area (Å²) in [5.74, 6) is -1.76. The summed E-state index contributed by atoms with van der Waals surface area (Å²) in [6.07, 6.45) is 0.321. The summed E-state index contributed by atoms with van der Waals surface area (Å²) < 4.78 is 19.5. The molecule has 1 aliphatic rings. The molecule has 1 atom stereocenters. The van der Waals surface area contributed by atoms with Crippen LogP contribution >= 0.6 is 15.9 Å². The Morgan fingerprint density at radius 2 is 2.21 bits per heavy atom. The largest absolute Gasteiger partial charge is 0.481 e. The second-order valence-corrected chi connectivity index (χ2v) is 6.94. The minimum atomic E-state index is -1.09. The molecule has 0 bridgehead atoms. The minimum absolute atomic E-state index is 0.0421. The maximum atomic E-state index is 14.0. The fourth-order valence-electron chi connectivity index (χ4n) is 3.12. The van der Waals surface area contributed by atoms with Crippen LogP contribution in [0.4, 0.5) is 4.39 Å². The third-order valence-electron chi connectivity index (χ3n) is 4.40. The van der Waals surface area contributed by atoms with Crippen LogP contribution in [0.5, 0.6) is 0 Å². The predicted molar refractivity (Wildman–Crippen MR) is 88.4 cm³/mol. The zero-order chi connectivity index (χ0) is 17.5. The third kappa shape index (κ3) is 2.80. The Labute approximate surface area is 145 Å². The molecule has 1 aliphatic heterocycles. The van der Waals surface area contributed by atoms with Gasteiger partial charge in [0.2, 0.25) is 0 Å². The van der Waals surface area contributed by atoms with Gasteiger partial charge in [0.1, 0.15) is 16.9 Å². The first-order valence-electron chi connectivity index (χ1n) is 7.36. The number of rotatable bonds is 4. The number of methoxy groups -OCH3 is 1. The standard InChI is InChI=1S/C16H16BrFN2O4/c1-24-8-16(15(22)23)2-3-20(7-16)14(21)13-6-10-11(18)4-9(17)5-12(10)19-13/h4-6,19H,2-3,7-8H2,1H3,(H,22,23). The van der Waals surface area contributed by atoms with Gasteiger partial charge in [0, 0.05) is 30.1 Å². The van der Waals surface area contributed by atoms with Crippen molar-refractivity contribution in [3.63, 3.8) is 0 Å². The number of nitrogens with one attached hydrogen (secondary N) is 1. The molecule has 1 unspecified atom stereocenters. The molecule has 0 aliphatic carbocycles. The van der Waals surface area contributed by atoms with Gasteiger partial charge in [-0.2, -0.15) is 0 Å². The summed E-state index contributed by atoms with van der Waals surface area (Å²) in [7, 11) is 1.44. The van der Waals surface area contributed by atoms with Crippen molar-refractivity contribution in [2.75, 3.05) is 26.8 Å². The van der Waals surface area contributed by atoms with Crippen molar-refractivity contribution in [1.82, 2.24) is 9.88 Å². The van der Waals surface area contributed by atoms with Gasteiger partial charge in [-0.05, 0) is 24.6 Å². The molecule has 0 saturated carbocycles. The molecular formula is C16H16BrFN2O4. The van der Waals surface area contributed by atoms with Crippen LogP contribution in [0.1, 0.15) is 16.9 Å². The van der Waals surface area contributed by atoms with Crippen LogP contribution in [0.3, 0.4) is 0 Å². The molecular weight excluding hydrogens is 383 g/mol. The molecule has 1 aromatic carbocycles. The van der Waals surface area contributed by atoms with Gasteiger partial charge in [0.15, 0.2) is 0 Å². The molecule has 1 amide bonds. The van der Waals surface area contributed by atoms with Crippen LogP contribution in [0.15, 0.2) is 22.7 Å². The molecule has 1 fully saturated rings. The third-order valence-corrected chi connectivity index (χ3v) is 4.86. The zero-order valence-corrected chi connectivity index (χ0v) is 14.5. The van der Waals surface area contributed by atoms with Crippen molar-refractivity contribution in [1.29, 1.82) is 0 Å². The van der Waals surface area contributed by atoms with Gasteiger partial charge in [-0.25, -0.2) is 4.39 Å². The Bertz CT molecular complexity index is 822. The Morgan fingerprint density at radius 1 is 1.46 bits per heavy atom. The van der Waals surface area contributed by atoms with Crippen molar-refractivity contribution in [2.45, 2.75) is 6.42 Å². The van der Waals surface area contributed by atoms with E-state index in [4.69, 9.17) is 4.74 Å². The van der Waals surface area contributed by atoms with Gasteiger partial charge in [-0.3, -0.25) is 9.59 Å². The SMILES string of the molecule is COCC1(C(=O)O)CCN(C(=O)c2cc3c(F)cc(Br)cc3[nH]2)C1. The highest BCUT2D eigenvalue weighted by Gasteiger charge is 2.46. The van der Waals surface area contributed by atoms with Gasteiger partial charge in [0.05, 0.1) is 12.1 Å². The number of likely N-dealkylation sites (tertiary alicyclic amines) is 1. The number of aliphatic carboxylic acids is 1. The van der Waals surface area contributed by atoms with E-state index < -0.39 is 17.2 Å². The summed E-state index contributed by atoms with van der Waals surface area (Å²) in [6, 6.07) is 4.47. The second-order valence-electron chi connectivity index (χ2n) is 6.03. The van der Waals surface area contributed by atoms with E-state index in [1.54, 1.807) is 6.07 Å². The molecule has 1 saturated heterocycles. The zero-order valence-electron chi connectivity index (χ0n) is 12.9. The molecule has 8 heteroatoms. The van der Waals surface area contributed by atoms with Crippen molar-refractivity contribution in [2.24, 2.45) is 5.41 Å². The lowest BCUT2D eigenvalue weighted by Gasteiger charge is -2.23. The maximum Gasteiger partial charge on any atom is 0.313 e. The lowest BCUT2D eigenvalue weighted by Crippen LogP contribution is -2.40. The normalized spacial score (nSPS) is 20.7. The van der Waals surface area contributed by atoms with E-state index in [1.807, 2.05) is 0 Å². The molecule has 0 radical (unpaired) electrons. The Balaban J connectivity index is 1.88. The fourth-order valence-corrected chi connectivity index (χ4v) is 3.55. The first kappa shape index (κ1) is 16.9. The summed E-state index contributed by atoms with van der Waals surface area (Å²) in [5.41, 5.74) is -0.351. The fraction of sp³-hybridized carbons (Fsp3) is 0.375. The first-order chi connectivity index (χ1) is 11.4. The van der Waals surface area contributed by atoms with Crippen LogP contribution in [-0.2, 0) is 9.53 Å². The number of carboxylic acids is 1. The molecule has 128 valence electrons. The number of benzene rings is 1. The molecule has 2 heterocycles. The summed E-state index contributed by atoms with van der Waals surface area (Å²) in [5, 5.41) is 9.79. The molecule has 24 heavy (non-hydrogen) atoms. The van der Waals surface area contributed by atoms with E-state index in [-0.39, 0.29) is 24.8 Å². The van der Waals surface area contributed by atoms with Crippen molar-refractivity contribution < 1.29 is 23.8 Å². The lowest BCUT2D eigenvalue weighted by atomic mass is 9.88. The Hall–Kier alpha value is -1.93. The number of nitrogens with zero attached hydrogens (tertiary/aromatic N) is 1. The van der Waals surface area contributed by atoms with Crippen molar-refractivity contribution >= 4 is 38.7 Å². The van der Waals surface area contributed by atoms with E-state index >= 15 is 0 Å². The highest BCUT2D eigenvalue weighted by molar-refractivity contribution is 9.10. The van der Waals surface area contributed by atoms with E-state index in [1.165, 1.54) is 24.1 Å². The van der Waals surface area contributed by atoms with E-state index in [0.717, 1.165) is 0 Å². The quantitative estimate of drug-likeness (QED) is 0.828. The summed E-state index contributed by atoms with van der Waals surface area (Å²) in [6.45, 7) is 0.424. The van der Waals surface area contributed by atoms with Crippen molar-refractivity contribution in [3.05, 3.63) is 34.2 Å². The van der Waals surface area contributed by atoms with E-state index in [9.17, 15) is 19.1 Å². The van der Waals surface area contributed by atoms with Crippen molar-refractivity contribution in [3.8, 4) is 0 Å². The summed E-state index contributed by atoms with van der Waals surface area (Å²) >= 11 is 3.21. The molecule has 2 N–H and O–H groups in total. The van der Waals surface area contributed by atoms with Crippen LogP contribution < -0.4 is 0 Å². The minimum Gasteiger partial charge on any atom is -0.481 e. The number of aromatic amines is 1. The second kappa shape index (κ2) is 6.18. The Kier molecular flexibility index (Phi) is 4.35. The number of carbonyl (C=O) groups is 2. The van der Waals surface area contributed by atoms with E-state index in [0.29, 0.717) is 28.3 Å². The number of carboxylic acid groups (broad SMARTS) is 1. The molecule has 0 spiro atoms. The van der Waals surface area contributed by atoms with Gasteiger partial charge in [-0.15, -0.1) is 0 Å². The van der Waals surface area contributed by atoms with Crippen LogP contribution in [0, 0.1) is 11.2 Å². The van der Waals surface area contributed by atoms with Crippen LogP contribution in [0.2, 0.25) is 0 Å². The average Bonchev–Trinajstić information content (AvgIpc) is 3.12. The monoisotopic (exact) mass is 398 g/mol. The number of fused-ring (bicyclic) bond motifs is 1. The highest BCUT2D eigenvalue weighted by Crippen LogP contribution is 2.33. The topological polar surface area (TPSA) is 82.6 Å². The molecule has 1 aromatic heterocycles. The lowest BCUT2D eigenvalue weighted by molar-refractivity contribution is -0.151. The number of hydrogen-bond acceptors (Lipinski definition) is 3. The van der Waals surface area contributed by atoms with Gasteiger partial charge >= 0.3 is 5.97 Å². The average molecular weight is 399 g/mol. The molecule has 3 rings (SSSR count). The highest BCUT2D eigenvalue weighted by atomic mass is 79.9. The number of H-pyrrole nitrogens is 1. The smallest absolute Gasteiger partial charge is 0.313 e. The Morgan fingerprint density at radius 3 is 2.88 bits per heavy atom. The predicted octanol–water partition coefficient (Wildman–Crippen LogP) is 2.63. The summed E-state index contributed by atoms with van der Waals surface area (Å²) in [4.78, 5) is 28.6. The number of aromatic nitrogens is 1. The molecule has 6 nitrogen and oxygen atoms in total. The van der Waals surface area contributed by atoms with E-state index in [2.05, 4.69) is 20.9 Å². The number of ether oxygens (including phenoxy) is 1. The number of amides is 1. The maximum absolute atomic E-state index is 14.0. The molecule has 2 aromatic rings. The first-order valence-corrected chi connectivity index (χ1v) is 8.15. The number of halogens is 2. The van der Waals surface area contributed by atoms with Crippen LogP contribution in [-0.4, -0.2) is 53.7 Å². The van der Waals surface area contributed by atoms with Crippen LogP contribution in [0.25, 0.3) is 10.9 Å². The number of hydrogen-bond donors (Lipinski definition) is 2. The van der Waals surface area contributed by atoms with Gasteiger partial charge < -0.3 is 19.7 Å². The van der Waals surface area contributed by atoms with Gasteiger partial charge in [0.25, 0.3) is 5.91 Å².